The standard InChI is InChI=1S/C22H17NO/c1-16-9-5-8-14-21(16)24-22-19(17-10-3-2-4-11-17)15-18-12-6-7-13-20(18)23-22/h2-15H,1H3. The van der Waals surface area contributed by atoms with E-state index in [-0.39, 0.29) is 0 Å². The minimum atomic E-state index is 0.634. The highest BCUT2D eigenvalue weighted by Gasteiger charge is 2.12. The van der Waals surface area contributed by atoms with Crippen LogP contribution < -0.4 is 4.74 Å². The summed E-state index contributed by atoms with van der Waals surface area (Å²) in [4.78, 5) is 4.77. The van der Waals surface area contributed by atoms with Crippen molar-refractivity contribution >= 4 is 10.9 Å². The number of fused-ring (bicyclic) bond motifs is 1. The van der Waals surface area contributed by atoms with E-state index in [0.717, 1.165) is 33.3 Å². The van der Waals surface area contributed by atoms with Gasteiger partial charge in [0.2, 0.25) is 5.88 Å². The molecule has 116 valence electrons. The van der Waals surface area contributed by atoms with E-state index in [4.69, 9.17) is 9.72 Å². The number of para-hydroxylation sites is 2. The fraction of sp³-hybridized carbons (Fsp3) is 0.0455. The summed E-state index contributed by atoms with van der Waals surface area (Å²) in [5, 5.41) is 1.11. The van der Waals surface area contributed by atoms with E-state index < -0.39 is 0 Å². The predicted octanol–water partition coefficient (Wildman–Crippen LogP) is 6.00. The molecule has 2 heteroatoms. The lowest BCUT2D eigenvalue weighted by molar-refractivity contribution is 0.463. The number of pyridine rings is 1. The number of ether oxygens (including phenoxy) is 1. The molecule has 0 aliphatic rings. The van der Waals surface area contributed by atoms with Crippen molar-refractivity contribution in [3.8, 4) is 22.8 Å². The van der Waals surface area contributed by atoms with E-state index in [9.17, 15) is 0 Å². The molecule has 4 aromatic rings. The van der Waals surface area contributed by atoms with Crippen molar-refractivity contribution in [3.05, 3.63) is 90.5 Å². The van der Waals surface area contributed by atoms with Crippen LogP contribution in [0, 0.1) is 6.92 Å². The highest BCUT2D eigenvalue weighted by Crippen LogP contribution is 2.35. The molecule has 0 saturated heterocycles. The van der Waals surface area contributed by atoms with Crippen LogP contribution in [0.5, 0.6) is 11.6 Å². The molecule has 0 fully saturated rings. The van der Waals surface area contributed by atoms with Crippen molar-refractivity contribution in [2.45, 2.75) is 6.92 Å². The number of aromatic nitrogens is 1. The molecule has 1 aromatic heterocycles. The smallest absolute Gasteiger partial charge is 0.227 e. The largest absolute Gasteiger partial charge is 0.438 e. The highest BCUT2D eigenvalue weighted by molar-refractivity contribution is 5.86. The van der Waals surface area contributed by atoms with Gasteiger partial charge >= 0.3 is 0 Å². The second kappa shape index (κ2) is 6.17. The van der Waals surface area contributed by atoms with E-state index in [1.165, 1.54) is 0 Å². The van der Waals surface area contributed by atoms with Gasteiger partial charge in [0.15, 0.2) is 0 Å². The van der Waals surface area contributed by atoms with Gasteiger partial charge in [-0.25, -0.2) is 4.98 Å². The Kier molecular flexibility index (Phi) is 3.72. The van der Waals surface area contributed by atoms with Crippen LogP contribution in [-0.2, 0) is 0 Å². The van der Waals surface area contributed by atoms with Crippen molar-refractivity contribution in [2.75, 3.05) is 0 Å². The zero-order valence-corrected chi connectivity index (χ0v) is 13.4. The lowest BCUT2D eigenvalue weighted by atomic mass is 10.0. The van der Waals surface area contributed by atoms with Gasteiger partial charge < -0.3 is 4.74 Å². The number of hydrogen-bond acceptors (Lipinski definition) is 2. The third-order valence-electron chi connectivity index (χ3n) is 4.07. The first-order chi connectivity index (χ1) is 11.8. The molecule has 0 atom stereocenters. The summed E-state index contributed by atoms with van der Waals surface area (Å²) in [5.74, 6) is 1.46. The Morgan fingerprint density at radius 2 is 1.46 bits per heavy atom. The van der Waals surface area contributed by atoms with Crippen LogP contribution >= 0.6 is 0 Å². The minimum Gasteiger partial charge on any atom is -0.438 e. The maximum atomic E-state index is 6.19. The van der Waals surface area contributed by atoms with E-state index in [1.54, 1.807) is 0 Å². The Morgan fingerprint density at radius 1 is 0.750 bits per heavy atom. The fourth-order valence-corrected chi connectivity index (χ4v) is 2.78. The van der Waals surface area contributed by atoms with Gasteiger partial charge in [0.25, 0.3) is 0 Å². The Labute approximate surface area is 141 Å². The van der Waals surface area contributed by atoms with Gasteiger partial charge in [-0.05, 0) is 36.2 Å². The topological polar surface area (TPSA) is 22.1 Å². The van der Waals surface area contributed by atoms with Crippen molar-refractivity contribution in [1.29, 1.82) is 0 Å². The molecule has 1 heterocycles. The number of hydrogen-bond donors (Lipinski definition) is 0. The van der Waals surface area contributed by atoms with Crippen molar-refractivity contribution in [2.24, 2.45) is 0 Å². The van der Waals surface area contributed by atoms with Crippen LogP contribution in [0.15, 0.2) is 84.9 Å². The molecule has 0 unspecified atom stereocenters. The lowest BCUT2D eigenvalue weighted by Crippen LogP contribution is -1.94. The molecule has 0 aliphatic heterocycles. The van der Waals surface area contributed by atoms with Gasteiger partial charge in [-0.15, -0.1) is 0 Å². The Balaban J connectivity index is 1.90. The number of nitrogens with zero attached hydrogens (tertiary/aromatic N) is 1. The highest BCUT2D eigenvalue weighted by atomic mass is 16.5. The summed E-state index contributed by atoms with van der Waals surface area (Å²) in [7, 11) is 0. The first kappa shape index (κ1) is 14.5. The maximum Gasteiger partial charge on any atom is 0.227 e. The zero-order valence-electron chi connectivity index (χ0n) is 13.4. The molecule has 0 spiro atoms. The molecule has 2 nitrogen and oxygen atoms in total. The molecule has 0 radical (unpaired) electrons. The summed E-state index contributed by atoms with van der Waals surface area (Å²) < 4.78 is 6.19. The van der Waals surface area contributed by atoms with Crippen LogP contribution in [0.25, 0.3) is 22.0 Å². The van der Waals surface area contributed by atoms with Crippen LogP contribution in [0.4, 0.5) is 0 Å². The van der Waals surface area contributed by atoms with Gasteiger partial charge in [-0.3, -0.25) is 0 Å². The Hall–Kier alpha value is -3.13. The average molecular weight is 311 g/mol. The number of rotatable bonds is 3. The van der Waals surface area contributed by atoms with Gasteiger partial charge in [-0.1, -0.05) is 66.7 Å². The normalized spacial score (nSPS) is 10.7. The summed E-state index contributed by atoms with van der Waals surface area (Å²) in [6.07, 6.45) is 0. The fourth-order valence-electron chi connectivity index (χ4n) is 2.78. The van der Waals surface area contributed by atoms with Crippen LogP contribution in [-0.4, -0.2) is 4.98 Å². The molecule has 0 N–H and O–H groups in total. The summed E-state index contributed by atoms with van der Waals surface area (Å²) >= 11 is 0. The molecule has 3 aromatic carbocycles. The van der Waals surface area contributed by atoms with E-state index in [2.05, 4.69) is 24.3 Å². The van der Waals surface area contributed by atoms with Crippen molar-refractivity contribution in [1.82, 2.24) is 4.98 Å². The van der Waals surface area contributed by atoms with E-state index in [0.29, 0.717) is 5.88 Å². The molecular formula is C22H17NO. The molecule has 24 heavy (non-hydrogen) atoms. The first-order valence-electron chi connectivity index (χ1n) is 8.00. The van der Waals surface area contributed by atoms with Crippen LogP contribution in [0.2, 0.25) is 0 Å². The quantitative estimate of drug-likeness (QED) is 0.463. The van der Waals surface area contributed by atoms with Gasteiger partial charge in [0.1, 0.15) is 5.75 Å². The monoisotopic (exact) mass is 311 g/mol. The predicted molar refractivity (Wildman–Crippen MR) is 98.4 cm³/mol. The zero-order chi connectivity index (χ0) is 16.4. The van der Waals surface area contributed by atoms with Gasteiger partial charge in [-0.2, -0.15) is 0 Å². The molecule has 0 saturated carbocycles. The SMILES string of the molecule is Cc1ccccc1Oc1nc2ccccc2cc1-c1ccccc1. The lowest BCUT2D eigenvalue weighted by Gasteiger charge is -2.13. The number of benzene rings is 3. The number of aryl methyl sites for hydroxylation is 1. The first-order valence-corrected chi connectivity index (χ1v) is 8.00. The molecule has 0 amide bonds. The van der Waals surface area contributed by atoms with E-state index >= 15 is 0 Å². The van der Waals surface area contributed by atoms with Gasteiger partial charge in [0, 0.05) is 10.9 Å². The van der Waals surface area contributed by atoms with Gasteiger partial charge in [0.05, 0.1) is 5.52 Å². The molecular weight excluding hydrogens is 294 g/mol. The average Bonchev–Trinajstić information content (AvgIpc) is 2.64. The third-order valence-corrected chi connectivity index (χ3v) is 4.07. The Bertz CT molecular complexity index is 993. The molecule has 4 rings (SSSR count). The van der Waals surface area contributed by atoms with Crippen molar-refractivity contribution < 1.29 is 4.74 Å². The van der Waals surface area contributed by atoms with Crippen LogP contribution in [0.1, 0.15) is 5.56 Å². The summed E-state index contributed by atoms with van der Waals surface area (Å²) in [5.41, 5.74) is 4.11. The summed E-state index contributed by atoms with van der Waals surface area (Å²) in [6.45, 7) is 2.04. The molecule has 0 bridgehead atoms. The second-order valence-corrected chi connectivity index (χ2v) is 5.77. The summed E-state index contributed by atoms with van der Waals surface area (Å²) in [6, 6.07) is 28.5. The van der Waals surface area contributed by atoms with Crippen molar-refractivity contribution in [3.63, 3.8) is 0 Å². The van der Waals surface area contributed by atoms with Crippen LogP contribution in [0.3, 0.4) is 0 Å². The van der Waals surface area contributed by atoms with E-state index in [1.807, 2.05) is 67.6 Å². The molecule has 0 aliphatic carbocycles. The Morgan fingerprint density at radius 3 is 2.29 bits per heavy atom. The minimum absolute atomic E-state index is 0.634. The maximum absolute atomic E-state index is 6.19. The third kappa shape index (κ3) is 2.74. The second-order valence-electron chi connectivity index (χ2n) is 5.77.